The van der Waals surface area contributed by atoms with E-state index in [0.29, 0.717) is 5.92 Å². The van der Waals surface area contributed by atoms with Crippen molar-refractivity contribution in [3.05, 3.63) is 34.9 Å². The molecule has 0 bridgehead atoms. The van der Waals surface area contributed by atoms with Crippen molar-refractivity contribution in [2.24, 2.45) is 5.92 Å². The molecule has 1 aromatic rings. The molecule has 1 aliphatic heterocycles. The van der Waals surface area contributed by atoms with Crippen LogP contribution in [0.2, 0.25) is 5.02 Å². The smallest absolute Gasteiger partial charge is 0.317 e. The molecule has 2 amide bonds. The van der Waals surface area contributed by atoms with E-state index in [1.807, 2.05) is 36.2 Å². The first-order valence-corrected chi connectivity index (χ1v) is 9.53. The fourth-order valence-electron chi connectivity index (χ4n) is 3.74. The highest BCUT2D eigenvalue weighted by atomic mass is 35.5. The third kappa shape index (κ3) is 4.46. The largest absolute Gasteiger partial charge is 0.395 e. The number of hydrogen-bond donors (Lipinski definition) is 2. The molecular weight excluding hydrogens is 338 g/mol. The summed E-state index contributed by atoms with van der Waals surface area (Å²) in [6, 6.07) is 7.76. The third-order valence-electron chi connectivity index (χ3n) is 5.49. The Hall–Kier alpha value is -1.30. The maximum Gasteiger partial charge on any atom is 0.317 e. The summed E-state index contributed by atoms with van der Waals surface area (Å²) in [4.78, 5) is 16.7. The molecule has 1 saturated heterocycles. The van der Waals surface area contributed by atoms with Crippen molar-refractivity contribution in [2.75, 3.05) is 39.8 Å². The van der Waals surface area contributed by atoms with E-state index in [4.69, 9.17) is 16.7 Å². The van der Waals surface area contributed by atoms with Crippen LogP contribution in [-0.4, -0.2) is 60.8 Å². The number of amides is 2. The van der Waals surface area contributed by atoms with Gasteiger partial charge < -0.3 is 20.2 Å². The number of rotatable bonds is 6. The maximum absolute atomic E-state index is 12.7. The standard InChI is InChI=1S/C19H28ClN3O2/c1-22(14-15-6-10-23(11-7-15)12-13-24)18(25)21-19(8-9-19)16-4-2-3-5-17(16)20/h2-5,15,24H,6-14H2,1H3,(H,21,25). The van der Waals surface area contributed by atoms with E-state index in [1.165, 1.54) is 0 Å². The molecule has 6 heteroatoms. The van der Waals surface area contributed by atoms with Gasteiger partial charge in [-0.3, -0.25) is 0 Å². The number of hydrogen-bond acceptors (Lipinski definition) is 3. The summed E-state index contributed by atoms with van der Waals surface area (Å²) < 4.78 is 0. The molecule has 1 aromatic carbocycles. The SMILES string of the molecule is CN(CC1CCN(CCO)CC1)C(=O)NC1(c2ccccc2Cl)CC1. The van der Waals surface area contributed by atoms with Crippen LogP contribution in [0, 0.1) is 5.92 Å². The van der Waals surface area contributed by atoms with Gasteiger partial charge in [0.25, 0.3) is 0 Å². The van der Waals surface area contributed by atoms with Crippen molar-refractivity contribution >= 4 is 17.6 Å². The summed E-state index contributed by atoms with van der Waals surface area (Å²) in [5, 5.41) is 12.9. The zero-order valence-corrected chi connectivity index (χ0v) is 15.6. The molecule has 2 aliphatic rings. The number of nitrogens with zero attached hydrogens (tertiary/aromatic N) is 2. The number of carbonyl (C=O) groups is 1. The average molecular weight is 366 g/mol. The molecule has 0 atom stereocenters. The minimum absolute atomic E-state index is 0.0183. The number of piperidine rings is 1. The van der Waals surface area contributed by atoms with Gasteiger partial charge in [0.1, 0.15) is 0 Å². The van der Waals surface area contributed by atoms with Crippen LogP contribution in [-0.2, 0) is 5.54 Å². The topological polar surface area (TPSA) is 55.8 Å². The lowest BCUT2D eigenvalue weighted by Crippen LogP contribution is -2.46. The second-order valence-electron chi connectivity index (χ2n) is 7.38. The molecule has 2 fully saturated rings. The molecule has 3 rings (SSSR count). The fraction of sp³-hybridized carbons (Fsp3) is 0.632. The van der Waals surface area contributed by atoms with Crippen molar-refractivity contribution in [1.29, 1.82) is 0 Å². The molecule has 1 aliphatic carbocycles. The second kappa shape index (κ2) is 7.94. The maximum atomic E-state index is 12.7. The summed E-state index contributed by atoms with van der Waals surface area (Å²) in [6.07, 6.45) is 4.03. The Labute approximate surface area is 154 Å². The van der Waals surface area contributed by atoms with Gasteiger partial charge >= 0.3 is 6.03 Å². The van der Waals surface area contributed by atoms with Gasteiger partial charge in [0, 0.05) is 25.2 Å². The van der Waals surface area contributed by atoms with E-state index < -0.39 is 0 Å². The fourth-order valence-corrected chi connectivity index (χ4v) is 4.06. The first-order valence-electron chi connectivity index (χ1n) is 9.15. The van der Waals surface area contributed by atoms with Crippen LogP contribution in [0.4, 0.5) is 4.79 Å². The van der Waals surface area contributed by atoms with Gasteiger partial charge in [0.05, 0.1) is 12.1 Å². The number of likely N-dealkylation sites (tertiary alicyclic amines) is 1. The normalized spacial score (nSPS) is 20.3. The van der Waals surface area contributed by atoms with Gasteiger partial charge in [-0.2, -0.15) is 0 Å². The lowest BCUT2D eigenvalue weighted by atomic mass is 9.96. The quantitative estimate of drug-likeness (QED) is 0.814. The van der Waals surface area contributed by atoms with E-state index in [1.54, 1.807) is 0 Å². The number of benzene rings is 1. The van der Waals surface area contributed by atoms with Crippen LogP contribution >= 0.6 is 11.6 Å². The predicted molar refractivity (Wildman–Crippen MR) is 99.8 cm³/mol. The Balaban J connectivity index is 1.51. The summed E-state index contributed by atoms with van der Waals surface area (Å²) in [5.41, 5.74) is 0.740. The monoisotopic (exact) mass is 365 g/mol. The first kappa shape index (κ1) is 18.5. The lowest BCUT2D eigenvalue weighted by Gasteiger charge is -2.34. The van der Waals surface area contributed by atoms with Crippen molar-refractivity contribution in [2.45, 2.75) is 31.2 Å². The summed E-state index contributed by atoms with van der Waals surface area (Å²) in [6.45, 7) is 3.76. The van der Waals surface area contributed by atoms with Gasteiger partial charge in [-0.05, 0) is 56.3 Å². The van der Waals surface area contributed by atoms with Gasteiger partial charge in [0.15, 0.2) is 0 Å². The molecule has 0 spiro atoms. The minimum Gasteiger partial charge on any atom is -0.395 e. The zero-order valence-electron chi connectivity index (χ0n) is 14.9. The number of carbonyl (C=O) groups excluding carboxylic acids is 1. The summed E-state index contributed by atoms with van der Waals surface area (Å²) >= 11 is 6.32. The van der Waals surface area contributed by atoms with Crippen LogP contribution in [0.15, 0.2) is 24.3 Å². The Morgan fingerprint density at radius 2 is 2.04 bits per heavy atom. The lowest BCUT2D eigenvalue weighted by molar-refractivity contribution is 0.132. The highest BCUT2D eigenvalue weighted by Gasteiger charge is 2.47. The summed E-state index contributed by atoms with van der Waals surface area (Å²) in [7, 11) is 1.87. The predicted octanol–water partition coefficient (Wildman–Crippen LogP) is 2.67. The van der Waals surface area contributed by atoms with Gasteiger partial charge in [-0.1, -0.05) is 29.8 Å². The average Bonchev–Trinajstić information content (AvgIpc) is 3.37. The number of aliphatic hydroxyl groups excluding tert-OH is 1. The Kier molecular flexibility index (Phi) is 5.87. The molecule has 0 aromatic heterocycles. The number of β-amino-alcohol motifs (C(OH)–C–C–N with tert-alkyl or cyclic N) is 1. The van der Waals surface area contributed by atoms with E-state index in [-0.39, 0.29) is 18.2 Å². The second-order valence-corrected chi connectivity index (χ2v) is 7.79. The minimum atomic E-state index is -0.284. The van der Waals surface area contributed by atoms with Crippen LogP contribution in [0.5, 0.6) is 0 Å². The Morgan fingerprint density at radius 1 is 1.36 bits per heavy atom. The van der Waals surface area contributed by atoms with Crippen LogP contribution in [0.3, 0.4) is 0 Å². The van der Waals surface area contributed by atoms with Crippen molar-refractivity contribution in [3.8, 4) is 0 Å². The molecule has 138 valence electrons. The number of urea groups is 1. The highest BCUT2D eigenvalue weighted by Crippen LogP contribution is 2.48. The van der Waals surface area contributed by atoms with Gasteiger partial charge in [-0.15, -0.1) is 0 Å². The highest BCUT2D eigenvalue weighted by molar-refractivity contribution is 6.31. The molecule has 2 N–H and O–H groups in total. The van der Waals surface area contributed by atoms with E-state index in [2.05, 4.69) is 10.2 Å². The molecular formula is C19H28ClN3O2. The van der Waals surface area contributed by atoms with Crippen LogP contribution in [0.1, 0.15) is 31.2 Å². The Morgan fingerprint density at radius 3 is 2.64 bits per heavy atom. The van der Waals surface area contributed by atoms with Crippen molar-refractivity contribution in [3.63, 3.8) is 0 Å². The van der Waals surface area contributed by atoms with E-state index >= 15 is 0 Å². The summed E-state index contributed by atoms with van der Waals surface area (Å²) in [5.74, 6) is 0.529. The molecule has 0 radical (unpaired) electrons. The zero-order chi connectivity index (χ0) is 17.9. The molecule has 0 unspecified atom stereocenters. The van der Waals surface area contributed by atoms with Gasteiger partial charge in [-0.25, -0.2) is 4.79 Å². The first-order chi connectivity index (χ1) is 12.0. The molecule has 25 heavy (non-hydrogen) atoms. The van der Waals surface area contributed by atoms with Crippen molar-refractivity contribution in [1.82, 2.24) is 15.1 Å². The van der Waals surface area contributed by atoms with Crippen molar-refractivity contribution < 1.29 is 9.90 Å². The van der Waals surface area contributed by atoms with E-state index in [9.17, 15) is 4.79 Å². The van der Waals surface area contributed by atoms with Gasteiger partial charge in [0.2, 0.25) is 0 Å². The molecule has 1 heterocycles. The van der Waals surface area contributed by atoms with Crippen LogP contribution < -0.4 is 5.32 Å². The number of halogens is 1. The third-order valence-corrected chi connectivity index (χ3v) is 5.82. The number of nitrogens with one attached hydrogen (secondary N) is 1. The number of aliphatic hydroxyl groups is 1. The molecule has 1 saturated carbocycles. The van der Waals surface area contributed by atoms with Crippen LogP contribution in [0.25, 0.3) is 0 Å². The Bertz CT molecular complexity index is 598. The molecule has 5 nitrogen and oxygen atoms in total. The van der Waals surface area contributed by atoms with E-state index in [0.717, 1.165) is 62.4 Å².